The average molecular weight is 425 g/mol. The number of nitrogens with one attached hydrogen (secondary N) is 1. The van der Waals surface area contributed by atoms with Crippen molar-refractivity contribution in [1.29, 1.82) is 0 Å². The molecule has 0 fully saturated rings. The second kappa shape index (κ2) is 9.50. The van der Waals surface area contributed by atoms with Crippen LogP contribution in [0.1, 0.15) is 27.0 Å². The highest BCUT2D eigenvalue weighted by Gasteiger charge is 2.11. The third-order valence-electron chi connectivity index (χ3n) is 4.28. The molecule has 0 aliphatic carbocycles. The summed E-state index contributed by atoms with van der Waals surface area (Å²) in [4.78, 5) is 28.9. The zero-order valence-corrected chi connectivity index (χ0v) is 17.2. The van der Waals surface area contributed by atoms with Gasteiger partial charge in [-0.1, -0.05) is 47.5 Å². The van der Waals surface area contributed by atoms with Gasteiger partial charge in [-0.25, -0.2) is 0 Å². The Bertz CT molecular complexity index is 1080. The maximum atomic E-state index is 12.7. The van der Waals surface area contributed by atoms with Crippen molar-refractivity contribution >= 4 is 46.7 Å². The number of hydrogen-bond donors (Lipinski definition) is 1. The van der Waals surface area contributed by atoms with Gasteiger partial charge in [0.05, 0.1) is 10.0 Å². The molecule has 1 heterocycles. The van der Waals surface area contributed by atoms with Crippen LogP contribution >= 0.6 is 23.2 Å². The lowest BCUT2D eigenvalue weighted by molar-refractivity contribution is -0.111. The van der Waals surface area contributed by atoms with Gasteiger partial charge in [0, 0.05) is 36.1 Å². The number of pyridine rings is 1. The monoisotopic (exact) mass is 424 g/mol. The standard InChI is InChI=1S/C23H18Cl2N2O2/c1-15-4-7-18(22(28)12-17-5-8-19(24)20(25)11-17)13-21(15)27-23(29)9-6-16-3-2-10-26-14-16/h2-11,13-14H,12H2,1H3,(H,27,29)/b9-6+. The normalized spacial score (nSPS) is 10.9. The molecule has 29 heavy (non-hydrogen) atoms. The minimum Gasteiger partial charge on any atom is -0.322 e. The van der Waals surface area contributed by atoms with Crippen LogP contribution in [0.3, 0.4) is 0 Å². The number of aryl methyl sites for hydroxylation is 1. The number of nitrogens with zero attached hydrogens (tertiary/aromatic N) is 1. The topological polar surface area (TPSA) is 59.1 Å². The molecule has 146 valence electrons. The number of ketones is 1. The fourth-order valence-electron chi connectivity index (χ4n) is 2.69. The largest absolute Gasteiger partial charge is 0.322 e. The maximum Gasteiger partial charge on any atom is 0.248 e. The molecule has 0 saturated carbocycles. The second-order valence-corrected chi connectivity index (χ2v) is 7.30. The van der Waals surface area contributed by atoms with Crippen LogP contribution in [-0.2, 0) is 11.2 Å². The highest BCUT2D eigenvalue weighted by Crippen LogP contribution is 2.24. The van der Waals surface area contributed by atoms with E-state index in [-0.39, 0.29) is 18.1 Å². The minimum absolute atomic E-state index is 0.0789. The summed E-state index contributed by atoms with van der Waals surface area (Å²) in [7, 11) is 0. The molecule has 0 saturated heterocycles. The van der Waals surface area contributed by atoms with Crippen molar-refractivity contribution in [2.75, 3.05) is 5.32 Å². The first-order valence-corrected chi connectivity index (χ1v) is 9.65. The Morgan fingerprint density at radius 3 is 2.62 bits per heavy atom. The van der Waals surface area contributed by atoms with Gasteiger partial charge in [0.15, 0.2) is 5.78 Å². The van der Waals surface area contributed by atoms with E-state index in [1.165, 1.54) is 6.08 Å². The number of Topliss-reactive ketones (excluding diaryl/α,β-unsaturated/α-hetero) is 1. The third kappa shape index (κ3) is 5.76. The summed E-state index contributed by atoms with van der Waals surface area (Å²) in [6.45, 7) is 1.87. The van der Waals surface area contributed by atoms with Crippen molar-refractivity contribution in [3.05, 3.63) is 99.3 Å². The predicted molar refractivity (Wildman–Crippen MR) is 118 cm³/mol. The zero-order valence-electron chi connectivity index (χ0n) is 15.7. The molecule has 6 heteroatoms. The number of rotatable bonds is 6. The summed E-state index contributed by atoms with van der Waals surface area (Å²) >= 11 is 11.9. The Labute approximate surface area is 179 Å². The number of hydrogen-bond acceptors (Lipinski definition) is 3. The third-order valence-corrected chi connectivity index (χ3v) is 5.02. The molecule has 1 amide bonds. The van der Waals surface area contributed by atoms with Gasteiger partial charge >= 0.3 is 0 Å². The molecule has 2 aromatic carbocycles. The van der Waals surface area contributed by atoms with Gasteiger partial charge in [0.1, 0.15) is 0 Å². The van der Waals surface area contributed by atoms with Crippen LogP contribution in [0.2, 0.25) is 10.0 Å². The number of benzene rings is 2. The van der Waals surface area contributed by atoms with Gasteiger partial charge in [0.2, 0.25) is 5.91 Å². The molecule has 0 atom stereocenters. The lowest BCUT2D eigenvalue weighted by Crippen LogP contribution is -2.11. The van der Waals surface area contributed by atoms with Crippen LogP contribution in [0.15, 0.2) is 67.0 Å². The Hall–Kier alpha value is -2.95. The number of carbonyl (C=O) groups is 2. The van der Waals surface area contributed by atoms with Crippen molar-refractivity contribution in [3.63, 3.8) is 0 Å². The number of amides is 1. The Balaban J connectivity index is 1.71. The van der Waals surface area contributed by atoms with Crippen molar-refractivity contribution < 1.29 is 9.59 Å². The lowest BCUT2D eigenvalue weighted by atomic mass is 10.0. The van der Waals surface area contributed by atoms with Crippen molar-refractivity contribution in [2.45, 2.75) is 13.3 Å². The quantitative estimate of drug-likeness (QED) is 0.403. The van der Waals surface area contributed by atoms with Gasteiger partial charge in [0.25, 0.3) is 0 Å². The molecule has 0 spiro atoms. The molecule has 0 aliphatic rings. The molecule has 0 radical (unpaired) electrons. The maximum absolute atomic E-state index is 12.7. The summed E-state index contributed by atoms with van der Waals surface area (Å²) in [6.07, 6.45) is 6.63. The molecule has 3 rings (SSSR count). The van der Waals surface area contributed by atoms with Crippen LogP contribution in [0.4, 0.5) is 5.69 Å². The van der Waals surface area contributed by atoms with Crippen LogP contribution in [0.25, 0.3) is 6.08 Å². The van der Waals surface area contributed by atoms with E-state index in [9.17, 15) is 9.59 Å². The number of halogens is 2. The summed E-state index contributed by atoms with van der Waals surface area (Å²) in [5.41, 5.74) is 3.55. The minimum atomic E-state index is -0.286. The summed E-state index contributed by atoms with van der Waals surface area (Å²) in [5, 5.41) is 3.68. The fraction of sp³-hybridized carbons (Fsp3) is 0.0870. The Kier molecular flexibility index (Phi) is 6.81. The molecule has 1 N–H and O–H groups in total. The van der Waals surface area contributed by atoms with Gasteiger partial charge in [-0.3, -0.25) is 14.6 Å². The lowest BCUT2D eigenvalue weighted by Gasteiger charge is -2.09. The Morgan fingerprint density at radius 1 is 1.07 bits per heavy atom. The second-order valence-electron chi connectivity index (χ2n) is 6.49. The van der Waals surface area contributed by atoms with E-state index in [2.05, 4.69) is 10.3 Å². The fourth-order valence-corrected chi connectivity index (χ4v) is 3.01. The SMILES string of the molecule is Cc1ccc(C(=O)Cc2ccc(Cl)c(Cl)c2)cc1NC(=O)/C=C/c1cccnc1. The first kappa shape index (κ1) is 20.8. The van der Waals surface area contributed by atoms with Crippen LogP contribution in [0, 0.1) is 6.92 Å². The molecule has 0 bridgehead atoms. The zero-order chi connectivity index (χ0) is 20.8. The van der Waals surface area contributed by atoms with E-state index < -0.39 is 0 Å². The molecule has 4 nitrogen and oxygen atoms in total. The highest BCUT2D eigenvalue weighted by molar-refractivity contribution is 6.42. The van der Waals surface area contributed by atoms with Gasteiger partial charge < -0.3 is 5.32 Å². The van der Waals surface area contributed by atoms with Crippen LogP contribution in [-0.4, -0.2) is 16.7 Å². The smallest absolute Gasteiger partial charge is 0.248 e. The molecular formula is C23H18Cl2N2O2. The van der Waals surface area contributed by atoms with Crippen molar-refractivity contribution in [2.24, 2.45) is 0 Å². The molecular weight excluding hydrogens is 407 g/mol. The molecule has 1 aromatic heterocycles. The van der Waals surface area contributed by atoms with Crippen molar-refractivity contribution in [3.8, 4) is 0 Å². The van der Waals surface area contributed by atoms with Crippen molar-refractivity contribution in [1.82, 2.24) is 4.98 Å². The van der Waals surface area contributed by atoms with Gasteiger partial charge in [-0.05, 0) is 54.0 Å². The van der Waals surface area contributed by atoms with Crippen LogP contribution in [0.5, 0.6) is 0 Å². The predicted octanol–water partition coefficient (Wildman–Crippen LogP) is 5.77. The van der Waals surface area contributed by atoms with E-state index >= 15 is 0 Å². The number of aromatic nitrogens is 1. The first-order chi connectivity index (χ1) is 13.9. The van der Waals surface area contributed by atoms with E-state index in [0.29, 0.717) is 21.3 Å². The number of carbonyl (C=O) groups excluding carboxylic acids is 2. The van der Waals surface area contributed by atoms with E-state index in [0.717, 1.165) is 16.7 Å². The number of anilines is 1. The summed E-state index contributed by atoms with van der Waals surface area (Å²) in [5.74, 6) is -0.365. The highest BCUT2D eigenvalue weighted by atomic mass is 35.5. The summed E-state index contributed by atoms with van der Waals surface area (Å²) < 4.78 is 0. The summed E-state index contributed by atoms with van der Waals surface area (Å²) in [6, 6.07) is 14.0. The van der Waals surface area contributed by atoms with E-state index in [1.807, 2.05) is 19.1 Å². The van der Waals surface area contributed by atoms with Crippen LogP contribution < -0.4 is 5.32 Å². The average Bonchev–Trinajstić information content (AvgIpc) is 2.71. The van der Waals surface area contributed by atoms with E-state index in [1.54, 1.807) is 54.9 Å². The first-order valence-electron chi connectivity index (χ1n) is 8.89. The molecule has 3 aromatic rings. The van der Waals surface area contributed by atoms with Gasteiger partial charge in [-0.15, -0.1) is 0 Å². The molecule has 0 aliphatic heterocycles. The van der Waals surface area contributed by atoms with E-state index in [4.69, 9.17) is 23.2 Å². The molecule has 0 unspecified atom stereocenters. The Morgan fingerprint density at radius 2 is 1.90 bits per heavy atom. The van der Waals surface area contributed by atoms with Gasteiger partial charge in [-0.2, -0.15) is 0 Å².